The summed E-state index contributed by atoms with van der Waals surface area (Å²) in [4.78, 5) is 0. The van der Waals surface area contributed by atoms with Gasteiger partial charge in [0.15, 0.2) is 0 Å². The van der Waals surface area contributed by atoms with Crippen molar-refractivity contribution in [3.63, 3.8) is 0 Å². The molecule has 0 fully saturated rings. The SMILES string of the molecule is CCCNC(CO)CCOC1CCCc2ccccc21. The molecule has 20 heavy (non-hydrogen) atoms. The normalized spacial score (nSPS) is 19.6. The predicted octanol–water partition coefficient (Wildman–Crippen LogP) is 2.83. The Morgan fingerprint density at radius 1 is 1.40 bits per heavy atom. The molecule has 3 nitrogen and oxygen atoms in total. The van der Waals surface area contributed by atoms with Crippen LogP contribution in [-0.2, 0) is 11.2 Å². The molecule has 0 aromatic heterocycles. The lowest BCUT2D eigenvalue weighted by Crippen LogP contribution is -2.34. The van der Waals surface area contributed by atoms with E-state index in [-0.39, 0.29) is 18.8 Å². The van der Waals surface area contributed by atoms with Crippen molar-refractivity contribution in [3.05, 3.63) is 35.4 Å². The first-order valence-electron chi connectivity index (χ1n) is 7.88. The molecular weight excluding hydrogens is 250 g/mol. The third-order valence-electron chi connectivity index (χ3n) is 4.00. The number of aliphatic hydroxyl groups is 1. The highest BCUT2D eigenvalue weighted by Crippen LogP contribution is 2.32. The lowest BCUT2D eigenvalue weighted by Gasteiger charge is -2.26. The molecule has 0 spiro atoms. The number of hydrogen-bond donors (Lipinski definition) is 2. The quantitative estimate of drug-likeness (QED) is 0.768. The summed E-state index contributed by atoms with van der Waals surface area (Å²) in [6, 6.07) is 8.77. The number of rotatable bonds is 8. The smallest absolute Gasteiger partial charge is 0.0827 e. The molecule has 1 aliphatic rings. The van der Waals surface area contributed by atoms with Crippen LogP contribution in [0.3, 0.4) is 0 Å². The first-order chi connectivity index (χ1) is 9.85. The monoisotopic (exact) mass is 277 g/mol. The summed E-state index contributed by atoms with van der Waals surface area (Å²) in [7, 11) is 0. The second kappa shape index (κ2) is 8.40. The molecule has 1 aliphatic carbocycles. The Balaban J connectivity index is 1.80. The number of hydrogen-bond acceptors (Lipinski definition) is 3. The van der Waals surface area contributed by atoms with Gasteiger partial charge in [-0.1, -0.05) is 31.2 Å². The number of aryl methyl sites for hydroxylation is 1. The summed E-state index contributed by atoms with van der Waals surface area (Å²) in [6.45, 7) is 3.99. The van der Waals surface area contributed by atoms with Crippen LogP contribution in [0.5, 0.6) is 0 Å². The molecule has 1 aromatic rings. The van der Waals surface area contributed by atoms with E-state index in [4.69, 9.17) is 4.74 Å². The molecular formula is C17H27NO2. The van der Waals surface area contributed by atoms with Crippen molar-refractivity contribution in [2.45, 2.75) is 51.2 Å². The zero-order chi connectivity index (χ0) is 14.2. The van der Waals surface area contributed by atoms with Gasteiger partial charge in [-0.05, 0) is 49.8 Å². The zero-order valence-electron chi connectivity index (χ0n) is 12.5. The number of ether oxygens (including phenoxy) is 1. The van der Waals surface area contributed by atoms with Crippen LogP contribution in [0.15, 0.2) is 24.3 Å². The molecule has 0 heterocycles. The van der Waals surface area contributed by atoms with Gasteiger partial charge in [0.05, 0.1) is 12.7 Å². The van der Waals surface area contributed by atoms with Crippen LogP contribution < -0.4 is 5.32 Å². The number of benzene rings is 1. The minimum absolute atomic E-state index is 0.161. The van der Waals surface area contributed by atoms with E-state index in [1.54, 1.807) is 0 Å². The second-order valence-corrected chi connectivity index (χ2v) is 5.57. The highest BCUT2D eigenvalue weighted by molar-refractivity contribution is 5.31. The first kappa shape index (κ1) is 15.5. The van der Waals surface area contributed by atoms with Crippen LogP contribution in [0.1, 0.15) is 49.8 Å². The fourth-order valence-corrected chi connectivity index (χ4v) is 2.84. The lowest BCUT2D eigenvalue weighted by atomic mass is 9.89. The fourth-order valence-electron chi connectivity index (χ4n) is 2.84. The summed E-state index contributed by atoms with van der Waals surface area (Å²) in [5, 5.41) is 12.7. The molecule has 2 N–H and O–H groups in total. The van der Waals surface area contributed by atoms with Crippen molar-refractivity contribution in [2.75, 3.05) is 19.8 Å². The molecule has 0 radical (unpaired) electrons. The van der Waals surface area contributed by atoms with Crippen molar-refractivity contribution in [2.24, 2.45) is 0 Å². The van der Waals surface area contributed by atoms with Gasteiger partial charge in [0.1, 0.15) is 0 Å². The summed E-state index contributed by atoms with van der Waals surface area (Å²) in [5.41, 5.74) is 2.80. The van der Waals surface area contributed by atoms with Crippen LogP contribution in [0, 0.1) is 0 Å². The van der Waals surface area contributed by atoms with E-state index in [1.807, 2.05) is 0 Å². The van der Waals surface area contributed by atoms with Gasteiger partial charge in [-0.15, -0.1) is 0 Å². The van der Waals surface area contributed by atoms with Crippen molar-refractivity contribution in [1.29, 1.82) is 0 Å². The van der Waals surface area contributed by atoms with E-state index < -0.39 is 0 Å². The highest BCUT2D eigenvalue weighted by Gasteiger charge is 2.20. The van der Waals surface area contributed by atoms with Gasteiger partial charge >= 0.3 is 0 Å². The van der Waals surface area contributed by atoms with Crippen molar-refractivity contribution >= 4 is 0 Å². The first-order valence-corrected chi connectivity index (χ1v) is 7.88. The van der Waals surface area contributed by atoms with Crippen molar-refractivity contribution < 1.29 is 9.84 Å². The molecule has 1 aromatic carbocycles. The fraction of sp³-hybridized carbons (Fsp3) is 0.647. The lowest BCUT2D eigenvalue weighted by molar-refractivity contribution is 0.0318. The molecule has 112 valence electrons. The van der Waals surface area contributed by atoms with E-state index in [9.17, 15) is 5.11 Å². The molecule has 2 unspecified atom stereocenters. The average molecular weight is 277 g/mol. The summed E-state index contributed by atoms with van der Waals surface area (Å²) >= 11 is 0. The van der Waals surface area contributed by atoms with Gasteiger partial charge in [0.2, 0.25) is 0 Å². The van der Waals surface area contributed by atoms with Crippen molar-refractivity contribution in [1.82, 2.24) is 5.32 Å². The Bertz CT molecular complexity index is 394. The maximum Gasteiger partial charge on any atom is 0.0827 e. The van der Waals surface area contributed by atoms with Gasteiger partial charge < -0.3 is 15.2 Å². The third kappa shape index (κ3) is 4.30. The van der Waals surface area contributed by atoms with Crippen LogP contribution in [-0.4, -0.2) is 30.9 Å². The minimum atomic E-state index is 0.161. The maximum absolute atomic E-state index is 9.33. The standard InChI is InChI=1S/C17H27NO2/c1-2-11-18-15(13-19)10-12-20-17-9-5-7-14-6-3-4-8-16(14)17/h3-4,6,8,15,17-19H,2,5,7,9-13H2,1H3. The summed E-state index contributed by atoms with van der Waals surface area (Å²) < 4.78 is 6.07. The van der Waals surface area contributed by atoms with Gasteiger partial charge in [0.25, 0.3) is 0 Å². The van der Waals surface area contributed by atoms with Gasteiger partial charge in [-0.2, -0.15) is 0 Å². The zero-order valence-corrected chi connectivity index (χ0v) is 12.5. The molecule has 0 saturated heterocycles. The summed E-state index contributed by atoms with van der Waals surface area (Å²) in [6.07, 6.45) is 5.70. The highest BCUT2D eigenvalue weighted by atomic mass is 16.5. The van der Waals surface area contributed by atoms with Gasteiger partial charge in [0, 0.05) is 12.6 Å². The topological polar surface area (TPSA) is 41.5 Å². The van der Waals surface area contributed by atoms with E-state index in [1.165, 1.54) is 24.0 Å². The Labute approximate surface area is 122 Å². The number of fused-ring (bicyclic) bond motifs is 1. The second-order valence-electron chi connectivity index (χ2n) is 5.57. The van der Waals surface area contributed by atoms with Crippen LogP contribution in [0.4, 0.5) is 0 Å². The van der Waals surface area contributed by atoms with Crippen LogP contribution >= 0.6 is 0 Å². The van der Waals surface area contributed by atoms with E-state index in [2.05, 4.69) is 36.5 Å². The molecule has 0 aliphatic heterocycles. The van der Waals surface area contributed by atoms with Gasteiger partial charge in [-0.25, -0.2) is 0 Å². The number of nitrogens with one attached hydrogen (secondary N) is 1. The maximum atomic E-state index is 9.33. The Kier molecular flexibility index (Phi) is 6.51. The molecule has 2 atom stereocenters. The summed E-state index contributed by atoms with van der Waals surface area (Å²) in [5.74, 6) is 0. The van der Waals surface area contributed by atoms with E-state index >= 15 is 0 Å². The Hall–Kier alpha value is -0.900. The molecule has 0 amide bonds. The van der Waals surface area contributed by atoms with Gasteiger partial charge in [-0.3, -0.25) is 0 Å². The largest absolute Gasteiger partial charge is 0.395 e. The Morgan fingerprint density at radius 2 is 2.25 bits per heavy atom. The Morgan fingerprint density at radius 3 is 3.05 bits per heavy atom. The van der Waals surface area contributed by atoms with Crippen molar-refractivity contribution in [3.8, 4) is 0 Å². The minimum Gasteiger partial charge on any atom is -0.395 e. The third-order valence-corrected chi connectivity index (χ3v) is 4.00. The molecule has 3 heteroatoms. The van der Waals surface area contributed by atoms with Crippen LogP contribution in [0.2, 0.25) is 0 Å². The number of aliphatic hydroxyl groups excluding tert-OH is 1. The molecule has 0 saturated carbocycles. The molecule has 2 rings (SSSR count). The average Bonchev–Trinajstić information content (AvgIpc) is 2.51. The van der Waals surface area contributed by atoms with E-state index in [0.29, 0.717) is 6.61 Å². The van der Waals surface area contributed by atoms with E-state index in [0.717, 1.165) is 25.8 Å². The molecule has 0 bridgehead atoms. The predicted molar refractivity (Wildman–Crippen MR) is 81.9 cm³/mol. The van der Waals surface area contributed by atoms with Crippen LogP contribution in [0.25, 0.3) is 0 Å².